The summed E-state index contributed by atoms with van der Waals surface area (Å²) in [7, 11) is 3.35. The summed E-state index contributed by atoms with van der Waals surface area (Å²) in [5, 5.41) is 4.43. The molecule has 2 aromatic rings. The molecule has 4 heteroatoms. The number of benzene rings is 1. The lowest BCUT2D eigenvalue weighted by Crippen LogP contribution is -2.06. The first-order valence-corrected chi connectivity index (χ1v) is 6.95. The molecule has 0 radical (unpaired) electrons. The van der Waals surface area contributed by atoms with Crippen molar-refractivity contribution in [2.45, 2.75) is 27.2 Å². The first kappa shape index (κ1) is 14.4. The number of hydrogen-bond donors (Lipinski definition) is 1. The van der Waals surface area contributed by atoms with Gasteiger partial charge in [-0.15, -0.1) is 0 Å². The van der Waals surface area contributed by atoms with Gasteiger partial charge in [-0.05, 0) is 38.0 Å². The molecule has 0 atom stereocenters. The van der Waals surface area contributed by atoms with Crippen LogP contribution in [0.25, 0.3) is 10.9 Å². The number of rotatable bonds is 5. The minimum Gasteiger partial charge on any atom is -0.496 e. The molecule has 4 nitrogen and oxygen atoms in total. The van der Waals surface area contributed by atoms with Gasteiger partial charge in [0.2, 0.25) is 0 Å². The van der Waals surface area contributed by atoms with Crippen molar-refractivity contribution in [1.82, 2.24) is 4.98 Å². The molecule has 0 unspecified atom stereocenters. The molecular weight excluding hydrogens is 252 g/mol. The maximum atomic E-state index is 5.51. The lowest BCUT2D eigenvalue weighted by atomic mass is 10.0. The average Bonchev–Trinajstić information content (AvgIpc) is 2.48. The SMILES string of the molecule is CCNc1c(C)c(CC)nc2c(OC)ccc(OC)c12. The fourth-order valence-electron chi connectivity index (χ4n) is 2.53. The number of aryl methyl sites for hydroxylation is 1. The van der Waals surface area contributed by atoms with Gasteiger partial charge in [0.25, 0.3) is 0 Å². The smallest absolute Gasteiger partial charge is 0.145 e. The van der Waals surface area contributed by atoms with Crippen LogP contribution in [-0.2, 0) is 6.42 Å². The highest BCUT2D eigenvalue weighted by Gasteiger charge is 2.17. The van der Waals surface area contributed by atoms with Gasteiger partial charge in [-0.2, -0.15) is 0 Å². The predicted octanol–water partition coefficient (Wildman–Crippen LogP) is 3.55. The summed E-state index contributed by atoms with van der Waals surface area (Å²) in [5.74, 6) is 1.59. The van der Waals surface area contributed by atoms with Crippen molar-refractivity contribution in [2.24, 2.45) is 0 Å². The maximum Gasteiger partial charge on any atom is 0.145 e. The van der Waals surface area contributed by atoms with Crippen LogP contribution in [0.5, 0.6) is 11.5 Å². The number of pyridine rings is 1. The average molecular weight is 274 g/mol. The minimum atomic E-state index is 0.773. The van der Waals surface area contributed by atoms with E-state index in [1.807, 2.05) is 12.1 Å². The lowest BCUT2D eigenvalue weighted by Gasteiger charge is -2.18. The van der Waals surface area contributed by atoms with Crippen LogP contribution >= 0.6 is 0 Å². The van der Waals surface area contributed by atoms with E-state index >= 15 is 0 Å². The summed E-state index contributed by atoms with van der Waals surface area (Å²) in [5.41, 5.74) is 4.20. The molecule has 0 fully saturated rings. The van der Waals surface area contributed by atoms with Crippen LogP contribution in [0.1, 0.15) is 25.1 Å². The van der Waals surface area contributed by atoms with E-state index in [1.54, 1.807) is 14.2 Å². The van der Waals surface area contributed by atoms with Gasteiger partial charge in [0, 0.05) is 12.2 Å². The summed E-state index contributed by atoms with van der Waals surface area (Å²) in [6.07, 6.45) is 0.889. The van der Waals surface area contributed by atoms with Crippen LogP contribution in [0.3, 0.4) is 0 Å². The van der Waals surface area contributed by atoms with Gasteiger partial charge in [-0.3, -0.25) is 0 Å². The zero-order valence-electron chi connectivity index (χ0n) is 12.8. The van der Waals surface area contributed by atoms with Crippen molar-refractivity contribution in [2.75, 3.05) is 26.1 Å². The van der Waals surface area contributed by atoms with Crippen molar-refractivity contribution in [3.8, 4) is 11.5 Å². The van der Waals surface area contributed by atoms with E-state index < -0.39 is 0 Å². The lowest BCUT2D eigenvalue weighted by molar-refractivity contribution is 0.409. The van der Waals surface area contributed by atoms with Crippen molar-refractivity contribution in [3.63, 3.8) is 0 Å². The molecule has 1 aromatic heterocycles. The largest absolute Gasteiger partial charge is 0.496 e. The van der Waals surface area contributed by atoms with E-state index in [0.29, 0.717) is 0 Å². The number of methoxy groups -OCH3 is 2. The highest BCUT2D eigenvalue weighted by molar-refractivity contribution is 6.01. The molecule has 20 heavy (non-hydrogen) atoms. The number of nitrogens with zero attached hydrogens (tertiary/aromatic N) is 1. The molecule has 1 N–H and O–H groups in total. The van der Waals surface area contributed by atoms with Gasteiger partial charge >= 0.3 is 0 Å². The fraction of sp³-hybridized carbons (Fsp3) is 0.438. The molecule has 0 amide bonds. The van der Waals surface area contributed by atoms with E-state index in [2.05, 4.69) is 26.1 Å². The zero-order chi connectivity index (χ0) is 14.7. The van der Waals surface area contributed by atoms with Crippen LogP contribution in [0, 0.1) is 6.92 Å². The quantitative estimate of drug-likeness (QED) is 0.905. The standard InChI is InChI=1S/C16H22N2O2/c1-6-11-10(3)15(17-7-2)14-12(19-4)8-9-13(20-5)16(14)18-11/h8-9H,6-7H2,1-5H3,(H,17,18). The Bertz CT molecular complexity index is 624. The van der Waals surface area contributed by atoms with E-state index in [0.717, 1.165) is 46.7 Å². The number of nitrogens with one attached hydrogen (secondary N) is 1. The van der Waals surface area contributed by atoms with E-state index in [4.69, 9.17) is 14.5 Å². The highest BCUT2D eigenvalue weighted by atomic mass is 16.5. The van der Waals surface area contributed by atoms with E-state index in [1.165, 1.54) is 5.56 Å². The Hall–Kier alpha value is -1.97. The number of aromatic nitrogens is 1. The molecule has 0 saturated heterocycles. The number of hydrogen-bond acceptors (Lipinski definition) is 4. The molecule has 1 aromatic carbocycles. The van der Waals surface area contributed by atoms with Gasteiger partial charge < -0.3 is 14.8 Å². The second kappa shape index (κ2) is 5.99. The van der Waals surface area contributed by atoms with Gasteiger partial charge in [0.1, 0.15) is 17.0 Å². The Labute approximate surface area is 120 Å². The van der Waals surface area contributed by atoms with Gasteiger partial charge in [-0.25, -0.2) is 4.98 Å². The Morgan fingerprint density at radius 2 is 1.75 bits per heavy atom. The third-order valence-corrected chi connectivity index (χ3v) is 3.54. The Kier molecular flexibility index (Phi) is 4.32. The Morgan fingerprint density at radius 1 is 1.10 bits per heavy atom. The molecule has 0 aliphatic heterocycles. The van der Waals surface area contributed by atoms with Crippen LogP contribution in [0.2, 0.25) is 0 Å². The van der Waals surface area contributed by atoms with Gasteiger partial charge in [-0.1, -0.05) is 6.92 Å². The molecule has 1 heterocycles. The molecule has 2 rings (SSSR count). The number of fused-ring (bicyclic) bond motifs is 1. The van der Waals surface area contributed by atoms with Gasteiger partial charge in [0.15, 0.2) is 0 Å². The number of anilines is 1. The summed E-state index contributed by atoms with van der Waals surface area (Å²) in [6.45, 7) is 7.15. The summed E-state index contributed by atoms with van der Waals surface area (Å²) in [4.78, 5) is 4.77. The van der Waals surface area contributed by atoms with Crippen molar-refractivity contribution in [3.05, 3.63) is 23.4 Å². The van der Waals surface area contributed by atoms with Crippen LogP contribution < -0.4 is 14.8 Å². The second-order valence-corrected chi connectivity index (χ2v) is 4.64. The van der Waals surface area contributed by atoms with Gasteiger partial charge in [0.05, 0.1) is 25.3 Å². The molecular formula is C16H22N2O2. The normalized spacial score (nSPS) is 10.7. The molecule has 0 aliphatic rings. The topological polar surface area (TPSA) is 43.4 Å². The van der Waals surface area contributed by atoms with Crippen LogP contribution in [0.4, 0.5) is 5.69 Å². The first-order chi connectivity index (χ1) is 9.67. The van der Waals surface area contributed by atoms with Crippen molar-refractivity contribution >= 4 is 16.6 Å². The predicted molar refractivity (Wildman–Crippen MR) is 83.1 cm³/mol. The summed E-state index contributed by atoms with van der Waals surface area (Å²) >= 11 is 0. The van der Waals surface area contributed by atoms with E-state index in [9.17, 15) is 0 Å². The maximum absolute atomic E-state index is 5.51. The monoisotopic (exact) mass is 274 g/mol. The zero-order valence-corrected chi connectivity index (χ0v) is 12.8. The molecule has 0 bridgehead atoms. The summed E-state index contributed by atoms with van der Waals surface area (Å²) < 4.78 is 11.0. The highest BCUT2D eigenvalue weighted by Crippen LogP contribution is 2.39. The molecule has 108 valence electrons. The number of ether oxygens (including phenoxy) is 2. The minimum absolute atomic E-state index is 0.773. The van der Waals surface area contributed by atoms with E-state index in [-0.39, 0.29) is 0 Å². The molecule has 0 aliphatic carbocycles. The van der Waals surface area contributed by atoms with Crippen molar-refractivity contribution in [1.29, 1.82) is 0 Å². The Balaban J connectivity index is 2.91. The molecule has 0 spiro atoms. The third-order valence-electron chi connectivity index (χ3n) is 3.54. The first-order valence-electron chi connectivity index (χ1n) is 6.95. The van der Waals surface area contributed by atoms with Crippen molar-refractivity contribution < 1.29 is 9.47 Å². The fourth-order valence-corrected chi connectivity index (χ4v) is 2.53. The van der Waals surface area contributed by atoms with Crippen LogP contribution in [-0.4, -0.2) is 25.7 Å². The summed E-state index contributed by atoms with van der Waals surface area (Å²) in [6, 6.07) is 3.83. The second-order valence-electron chi connectivity index (χ2n) is 4.64. The molecule has 0 saturated carbocycles. The van der Waals surface area contributed by atoms with Crippen LogP contribution in [0.15, 0.2) is 12.1 Å². The Morgan fingerprint density at radius 3 is 2.30 bits per heavy atom. The third kappa shape index (κ3) is 2.26.